The average molecular weight is 448 g/mol. The van der Waals surface area contributed by atoms with Gasteiger partial charge in [0.25, 0.3) is 0 Å². The summed E-state index contributed by atoms with van der Waals surface area (Å²) < 4.78 is 2.36. The van der Waals surface area contributed by atoms with E-state index in [-0.39, 0.29) is 0 Å². The zero-order chi connectivity index (χ0) is 22.9. The molecule has 164 valence electrons. The summed E-state index contributed by atoms with van der Waals surface area (Å²) >= 11 is 0. The van der Waals surface area contributed by atoms with E-state index in [1.165, 1.54) is 65.8 Å². The molecule has 3 nitrogen and oxygen atoms in total. The Morgan fingerprint density at radius 3 is 2.14 bits per heavy atom. The summed E-state index contributed by atoms with van der Waals surface area (Å²) in [5, 5.41) is 6.30. The molecular formula is C32H21N3. The highest BCUT2D eigenvalue weighted by Crippen LogP contribution is 2.37. The van der Waals surface area contributed by atoms with Gasteiger partial charge in [-0.1, -0.05) is 54.6 Å². The molecule has 3 aromatic heterocycles. The number of hydrogen-bond acceptors (Lipinski definition) is 0. The standard InChI is InChI=1S/C32H21N3/c1-2-6-22(7-3-1)35-30-9-5-4-8-23(30)27-19-21(11-15-31(27)35)20-10-13-29-26(18-20)24-12-14-28-25(16-17-33-28)32(24)34-29/h1-19,33-34H. The molecule has 8 aromatic rings. The Morgan fingerprint density at radius 2 is 1.23 bits per heavy atom. The molecule has 5 aromatic carbocycles. The first-order chi connectivity index (χ1) is 17.3. The molecule has 2 N–H and O–H groups in total. The van der Waals surface area contributed by atoms with Gasteiger partial charge in [-0.25, -0.2) is 0 Å². The molecule has 3 heterocycles. The number of aromatic nitrogens is 3. The summed E-state index contributed by atoms with van der Waals surface area (Å²) in [6.07, 6.45) is 2.00. The second-order valence-corrected chi connectivity index (χ2v) is 9.23. The van der Waals surface area contributed by atoms with Gasteiger partial charge >= 0.3 is 0 Å². The number of benzene rings is 5. The maximum absolute atomic E-state index is 3.64. The van der Waals surface area contributed by atoms with Gasteiger partial charge in [0.15, 0.2) is 0 Å². The lowest BCUT2D eigenvalue weighted by atomic mass is 10.0. The Balaban J connectivity index is 1.37. The molecule has 3 heteroatoms. The third-order valence-corrected chi connectivity index (χ3v) is 7.32. The van der Waals surface area contributed by atoms with E-state index in [1.54, 1.807) is 0 Å². The van der Waals surface area contributed by atoms with Gasteiger partial charge in [0.2, 0.25) is 0 Å². The minimum absolute atomic E-state index is 1.16. The highest BCUT2D eigenvalue weighted by molar-refractivity contribution is 6.17. The molecule has 0 aliphatic carbocycles. The van der Waals surface area contributed by atoms with Crippen LogP contribution in [0.5, 0.6) is 0 Å². The molecule has 0 saturated carbocycles. The molecule has 0 bridgehead atoms. The van der Waals surface area contributed by atoms with Gasteiger partial charge in [0.1, 0.15) is 0 Å². The first-order valence-electron chi connectivity index (χ1n) is 12.0. The largest absolute Gasteiger partial charge is 0.361 e. The Morgan fingerprint density at radius 1 is 0.486 bits per heavy atom. The molecule has 0 radical (unpaired) electrons. The lowest BCUT2D eigenvalue weighted by Gasteiger charge is -2.08. The zero-order valence-corrected chi connectivity index (χ0v) is 18.9. The number of hydrogen-bond donors (Lipinski definition) is 2. The number of H-pyrrole nitrogens is 2. The fourth-order valence-electron chi connectivity index (χ4n) is 5.69. The van der Waals surface area contributed by atoms with Crippen LogP contribution in [-0.2, 0) is 0 Å². The van der Waals surface area contributed by atoms with Gasteiger partial charge in [-0.3, -0.25) is 0 Å². The van der Waals surface area contributed by atoms with Crippen LogP contribution in [0.3, 0.4) is 0 Å². The van der Waals surface area contributed by atoms with Gasteiger partial charge in [0, 0.05) is 49.8 Å². The molecule has 8 rings (SSSR count). The lowest BCUT2D eigenvalue weighted by molar-refractivity contribution is 1.18. The molecule has 0 aliphatic heterocycles. The number of aromatic amines is 2. The second-order valence-electron chi connectivity index (χ2n) is 9.23. The van der Waals surface area contributed by atoms with Crippen molar-refractivity contribution in [3.8, 4) is 16.8 Å². The second kappa shape index (κ2) is 6.87. The van der Waals surface area contributed by atoms with Crippen molar-refractivity contribution < 1.29 is 0 Å². The van der Waals surface area contributed by atoms with Crippen molar-refractivity contribution in [1.29, 1.82) is 0 Å². The van der Waals surface area contributed by atoms with Crippen LogP contribution in [0.2, 0.25) is 0 Å². The van der Waals surface area contributed by atoms with Crippen molar-refractivity contribution in [2.75, 3.05) is 0 Å². The predicted molar refractivity (Wildman–Crippen MR) is 147 cm³/mol. The minimum Gasteiger partial charge on any atom is -0.361 e. The molecule has 0 atom stereocenters. The van der Waals surface area contributed by atoms with Crippen molar-refractivity contribution in [2.45, 2.75) is 0 Å². The van der Waals surface area contributed by atoms with E-state index in [2.05, 4.69) is 124 Å². The van der Waals surface area contributed by atoms with Crippen LogP contribution < -0.4 is 0 Å². The molecule has 0 amide bonds. The maximum atomic E-state index is 3.64. The Labute approximate surface area is 201 Å². The summed E-state index contributed by atoms with van der Waals surface area (Å²) in [4.78, 5) is 6.95. The normalized spacial score (nSPS) is 12.0. The van der Waals surface area contributed by atoms with Crippen LogP contribution in [0.15, 0.2) is 115 Å². The first kappa shape index (κ1) is 18.6. The van der Waals surface area contributed by atoms with Crippen LogP contribution in [0.4, 0.5) is 0 Å². The molecule has 0 fully saturated rings. The number of para-hydroxylation sites is 2. The SMILES string of the molecule is c1ccc(-n2c3ccccc3c3cc(-c4ccc5[nH]c6c7cc[nH]c7ccc6c5c4)ccc32)cc1. The topological polar surface area (TPSA) is 36.5 Å². The van der Waals surface area contributed by atoms with Gasteiger partial charge in [-0.15, -0.1) is 0 Å². The lowest BCUT2D eigenvalue weighted by Crippen LogP contribution is -1.92. The zero-order valence-electron chi connectivity index (χ0n) is 18.9. The third-order valence-electron chi connectivity index (χ3n) is 7.32. The van der Waals surface area contributed by atoms with E-state index in [0.29, 0.717) is 0 Å². The van der Waals surface area contributed by atoms with E-state index in [4.69, 9.17) is 0 Å². The monoisotopic (exact) mass is 447 g/mol. The molecular weight excluding hydrogens is 426 g/mol. The van der Waals surface area contributed by atoms with Crippen molar-refractivity contribution in [2.24, 2.45) is 0 Å². The summed E-state index contributed by atoms with van der Waals surface area (Å²) in [7, 11) is 0. The Hall–Kier alpha value is -4.76. The highest BCUT2D eigenvalue weighted by atomic mass is 15.0. The van der Waals surface area contributed by atoms with Crippen LogP contribution >= 0.6 is 0 Å². The van der Waals surface area contributed by atoms with Gasteiger partial charge < -0.3 is 14.5 Å². The van der Waals surface area contributed by atoms with Crippen molar-refractivity contribution >= 4 is 54.5 Å². The van der Waals surface area contributed by atoms with E-state index in [0.717, 1.165) is 5.52 Å². The number of nitrogens with one attached hydrogen (secondary N) is 2. The average Bonchev–Trinajstić information content (AvgIpc) is 3.62. The van der Waals surface area contributed by atoms with Crippen molar-refractivity contribution in [3.63, 3.8) is 0 Å². The number of fused-ring (bicyclic) bond motifs is 8. The van der Waals surface area contributed by atoms with Crippen LogP contribution in [-0.4, -0.2) is 14.5 Å². The van der Waals surface area contributed by atoms with Crippen LogP contribution in [0.25, 0.3) is 71.3 Å². The summed E-state index contributed by atoms with van der Waals surface area (Å²) in [5.41, 5.74) is 9.61. The smallest absolute Gasteiger partial charge is 0.0560 e. The molecule has 0 unspecified atom stereocenters. The summed E-state index contributed by atoms with van der Waals surface area (Å²) in [6, 6.07) is 39.4. The molecule has 0 aliphatic rings. The predicted octanol–water partition coefficient (Wildman–Crippen LogP) is 8.57. The van der Waals surface area contributed by atoms with E-state index < -0.39 is 0 Å². The Bertz CT molecular complexity index is 2050. The van der Waals surface area contributed by atoms with Crippen LogP contribution in [0.1, 0.15) is 0 Å². The fourth-order valence-corrected chi connectivity index (χ4v) is 5.69. The number of rotatable bonds is 2. The summed E-state index contributed by atoms with van der Waals surface area (Å²) in [6.45, 7) is 0. The van der Waals surface area contributed by atoms with E-state index >= 15 is 0 Å². The summed E-state index contributed by atoms with van der Waals surface area (Å²) in [5.74, 6) is 0. The minimum atomic E-state index is 1.16. The molecule has 0 saturated heterocycles. The fraction of sp³-hybridized carbons (Fsp3) is 0. The van der Waals surface area contributed by atoms with Crippen molar-refractivity contribution in [1.82, 2.24) is 14.5 Å². The van der Waals surface area contributed by atoms with Crippen LogP contribution in [0, 0.1) is 0 Å². The third kappa shape index (κ3) is 2.61. The maximum Gasteiger partial charge on any atom is 0.0560 e. The first-order valence-corrected chi connectivity index (χ1v) is 12.0. The number of nitrogens with zero attached hydrogens (tertiary/aromatic N) is 1. The molecule has 35 heavy (non-hydrogen) atoms. The quantitative estimate of drug-likeness (QED) is 0.266. The van der Waals surface area contributed by atoms with Gasteiger partial charge in [0.05, 0.1) is 16.6 Å². The van der Waals surface area contributed by atoms with Gasteiger partial charge in [-0.2, -0.15) is 0 Å². The van der Waals surface area contributed by atoms with E-state index in [1.807, 2.05) is 6.20 Å². The highest BCUT2D eigenvalue weighted by Gasteiger charge is 2.14. The Kier molecular flexibility index (Phi) is 3.66. The molecule has 0 spiro atoms. The van der Waals surface area contributed by atoms with Crippen molar-refractivity contribution in [3.05, 3.63) is 115 Å². The van der Waals surface area contributed by atoms with E-state index in [9.17, 15) is 0 Å². The van der Waals surface area contributed by atoms with Gasteiger partial charge in [-0.05, 0) is 65.7 Å².